The number of ether oxygens (including phenoxy) is 3. The third kappa shape index (κ3) is 5.01. The lowest BCUT2D eigenvalue weighted by molar-refractivity contribution is 0.0391. The molecule has 1 aromatic heterocycles. The van der Waals surface area contributed by atoms with Gasteiger partial charge in [0.15, 0.2) is 5.13 Å². The van der Waals surface area contributed by atoms with Crippen LogP contribution in [-0.2, 0) is 4.74 Å². The third-order valence-electron chi connectivity index (χ3n) is 5.41. The lowest BCUT2D eigenvalue weighted by atomic mass is 10.1. The summed E-state index contributed by atoms with van der Waals surface area (Å²) in [6, 6.07) is 11.4. The van der Waals surface area contributed by atoms with Gasteiger partial charge in [-0.1, -0.05) is 17.4 Å². The van der Waals surface area contributed by atoms with E-state index in [9.17, 15) is 4.79 Å². The Morgan fingerprint density at radius 2 is 1.91 bits per heavy atom. The van der Waals surface area contributed by atoms with Gasteiger partial charge in [0.2, 0.25) is 0 Å². The van der Waals surface area contributed by atoms with Crippen LogP contribution in [0.25, 0.3) is 10.2 Å². The Kier molecular flexibility index (Phi) is 7.51. The van der Waals surface area contributed by atoms with E-state index in [-0.39, 0.29) is 5.91 Å². The number of morpholine rings is 1. The van der Waals surface area contributed by atoms with Crippen LogP contribution in [0.3, 0.4) is 0 Å². The number of methoxy groups -OCH3 is 2. The quantitative estimate of drug-likeness (QED) is 0.458. The molecular weight excluding hydrogens is 446 g/mol. The zero-order valence-electron chi connectivity index (χ0n) is 18.5. The molecule has 32 heavy (non-hydrogen) atoms. The van der Waals surface area contributed by atoms with E-state index in [1.165, 1.54) is 11.3 Å². The number of fused-ring (bicyclic) bond motifs is 1. The normalized spacial score (nSPS) is 14.5. The van der Waals surface area contributed by atoms with Crippen LogP contribution < -0.4 is 14.4 Å². The van der Waals surface area contributed by atoms with Crippen molar-refractivity contribution in [2.45, 2.75) is 4.90 Å². The van der Waals surface area contributed by atoms with E-state index < -0.39 is 0 Å². The van der Waals surface area contributed by atoms with Crippen LogP contribution >= 0.6 is 23.1 Å². The van der Waals surface area contributed by atoms with E-state index in [1.54, 1.807) is 49.1 Å². The number of thioether (sulfide) groups is 1. The van der Waals surface area contributed by atoms with Gasteiger partial charge in [-0.15, -0.1) is 11.8 Å². The molecule has 3 aromatic rings. The topological polar surface area (TPSA) is 64.1 Å². The zero-order valence-corrected chi connectivity index (χ0v) is 20.1. The van der Waals surface area contributed by atoms with E-state index in [2.05, 4.69) is 17.0 Å². The summed E-state index contributed by atoms with van der Waals surface area (Å²) in [6.45, 7) is 4.46. The highest BCUT2D eigenvalue weighted by molar-refractivity contribution is 7.98. The molecule has 0 unspecified atom stereocenters. The minimum Gasteiger partial charge on any atom is -0.497 e. The molecule has 0 spiro atoms. The second-order valence-corrected chi connectivity index (χ2v) is 9.17. The number of rotatable bonds is 8. The van der Waals surface area contributed by atoms with E-state index in [0.717, 1.165) is 48.0 Å². The largest absolute Gasteiger partial charge is 0.497 e. The Morgan fingerprint density at radius 1 is 1.19 bits per heavy atom. The van der Waals surface area contributed by atoms with Gasteiger partial charge in [-0.05, 0) is 30.5 Å². The second kappa shape index (κ2) is 10.5. The number of hydrogen-bond donors (Lipinski definition) is 0. The van der Waals surface area contributed by atoms with Crippen LogP contribution in [0.15, 0.2) is 41.3 Å². The maximum absolute atomic E-state index is 13.7. The van der Waals surface area contributed by atoms with Gasteiger partial charge in [-0.3, -0.25) is 14.6 Å². The van der Waals surface area contributed by atoms with E-state index in [1.807, 2.05) is 12.3 Å². The highest BCUT2D eigenvalue weighted by Crippen LogP contribution is 2.35. The summed E-state index contributed by atoms with van der Waals surface area (Å²) < 4.78 is 17.3. The smallest absolute Gasteiger partial charge is 0.260 e. The van der Waals surface area contributed by atoms with Crippen LogP contribution in [0.5, 0.6) is 11.5 Å². The van der Waals surface area contributed by atoms with Crippen LogP contribution in [0.2, 0.25) is 0 Å². The number of carbonyl (C=O) groups is 1. The van der Waals surface area contributed by atoms with Crippen molar-refractivity contribution in [1.29, 1.82) is 0 Å². The predicted molar refractivity (Wildman–Crippen MR) is 130 cm³/mol. The molecule has 0 atom stereocenters. The highest BCUT2D eigenvalue weighted by atomic mass is 32.2. The third-order valence-corrected chi connectivity index (χ3v) is 7.22. The average molecular weight is 474 g/mol. The van der Waals surface area contributed by atoms with Gasteiger partial charge in [0.05, 0.1) is 37.6 Å². The molecule has 170 valence electrons. The fourth-order valence-corrected chi connectivity index (χ4v) is 5.27. The Morgan fingerprint density at radius 3 is 2.56 bits per heavy atom. The molecule has 2 heterocycles. The van der Waals surface area contributed by atoms with Crippen LogP contribution in [0.1, 0.15) is 10.4 Å². The minimum atomic E-state index is -0.125. The minimum absolute atomic E-state index is 0.125. The van der Waals surface area contributed by atoms with Crippen LogP contribution in [-0.4, -0.2) is 75.7 Å². The number of aromatic nitrogens is 1. The number of carbonyl (C=O) groups excluding carboxylic acids is 1. The molecular formula is C23H27N3O4S2. The van der Waals surface area contributed by atoms with Crippen molar-refractivity contribution in [3.63, 3.8) is 0 Å². The molecule has 1 saturated heterocycles. The van der Waals surface area contributed by atoms with Gasteiger partial charge in [-0.2, -0.15) is 0 Å². The zero-order chi connectivity index (χ0) is 22.5. The summed E-state index contributed by atoms with van der Waals surface area (Å²) in [5.74, 6) is 1.03. The number of para-hydroxylation sites is 1. The number of amides is 1. The van der Waals surface area contributed by atoms with Gasteiger partial charge in [0, 0.05) is 42.7 Å². The molecule has 1 fully saturated rings. The maximum Gasteiger partial charge on any atom is 0.260 e. The fourth-order valence-electron chi connectivity index (χ4n) is 3.63. The molecule has 4 rings (SSSR count). The summed E-state index contributed by atoms with van der Waals surface area (Å²) in [4.78, 5) is 23.8. The first-order valence-electron chi connectivity index (χ1n) is 10.4. The summed E-state index contributed by atoms with van der Waals surface area (Å²) >= 11 is 3.20. The Hall–Kier alpha value is -2.33. The lowest BCUT2D eigenvalue weighted by Crippen LogP contribution is -2.43. The van der Waals surface area contributed by atoms with Crippen molar-refractivity contribution in [3.8, 4) is 11.5 Å². The molecule has 1 amide bonds. The van der Waals surface area contributed by atoms with E-state index in [4.69, 9.17) is 19.2 Å². The second-order valence-electron chi connectivity index (χ2n) is 7.32. The van der Waals surface area contributed by atoms with Crippen molar-refractivity contribution in [2.75, 3.05) is 64.8 Å². The van der Waals surface area contributed by atoms with Crippen LogP contribution in [0, 0.1) is 0 Å². The van der Waals surface area contributed by atoms with Crippen LogP contribution in [0.4, 0.5) is 5.13 Å². The van der Waals surface area contributed by atoms with Crippen molar-refractivity contribution in [3.05, 3.63) is 42.0 Å². The summed E-state index contributed by atoms with van der Waals surface area (Å²) in [5, 5.41) is 0.696. The SMILES string of the molecule is COc1cc(OC)cc(C(=O)N(CCN2CCOCC2)c2nc3c(SC)cccc3s2)c1. The van der Waals surface area contributed by atoms with Crippen molar-refractivity contribution >= 4 is 44.4 Å². The van der Waals surface area contributed by atoms with Gasteiger partial charge in [0.25, 0.3) is 5.91 Å². The number of anilines is 1. The molecule has 9 heteroatoms. The molecule has 0 radical (unpaired) electrons. The molecule has 1 aliphatic rings. The Bertz CT molecular complexity index is 1060. The average Bonchev–Trinajstić information content (AvgIpc) is 3.28. The Labute approximate surface area is 196 Å². The van der Waals surface area contributed by atoms with Gasteiger partial charge in [-0.25, -0.2) is 4.98 Å². The molecule has 0 aliphatic carbocycles. The fraction of sp³-hybridized carbons (Fsp3) is 0.391. The molecule has 7 nitrogen and oxygen atoms in total. The summed E-state index contributed by atoms with van der Waals surface area (Å²) in [5.41, 5.74) is 1.44. The molecule has 0 N–H and O–H groups in total. The number of thiazole rings is 1. The monoisotopic (exact) mass is 473 g/mol. The molecule has 1 aliphatic heterocycles. The van der Waals surface area contributed by atoms with E-state index >= 15 is 0 Å². The molecule has 0 bridgehead atoms. The van der Waals surface area contributed by atoms with Crippen molar-refractivity contribution in [2.24, 2.45) is 0 Å². The first-order chi connectivity index (χ1) is 15.6. The standard InChI is InChI=1S/C23H27N3O4S2/c1-28-17-13-16(14-18(15-17)29-2)22(27)26(8-7-25-9-11-30-12-10-25)23-24-21-19(31-3)5-4-6-20(21)32-23/h4-6,13-15H,7-12H2,1-3H3. The van der Waals surface area contributed by atoms with Crippen molar-refractivity contribution in [1.82, 2.24) is 9.88 Å². The molecule has 0 saturated carbocycles. The van der Waals surface area contributed by atoms with Crippen molar-refractivity contribution < 1.29 is 19.0 Å². The highest BCUT2D eigenvalue weighted by Gasteiger charge is 2.24. The number of benzene rings is 2. The first-order valence-corrected chi connectivity index (χ1v) is 12.5. The predicted octanol–water partition coefficient (Wildman–Crippen LogP) is 4.01. The first kappa shape index (κ1) is 22.8. The number of nitrogens with zero attached hydrogens (tertiary/aromatic N) is 3. The van der Waals surface area contributed by atoms with Gasteiger partial charge >= 0.3 is 0 Å². The van der Waals surface area contributed by atoms with E-state index in [0.29, 0.717) is 28.7 Å². The van der Waals surface area contributed by atoms with Gasteiger partial charge in [0.1, 0.15) is 11.5 Å². The Balaban J connectivity index is 1.69. The molecule has 2 aromatic carbocycles. The maximum atomic E-state index is 13.7. The summed E-state index contributed by atoms with van der Waals surface area (Å²) in [7, 11) is 3.16. The summed E-state index contributed by atoms with van der Waals surface area (Å²) in [6.07, 6.45) is 2.04. The lowest BCUT2D eigenvalue weighted by Gasteiger charge is -2.29. The van der Waals surface area contributed by atoms with Gasteiger partial charge < -0.3 is 14.2 Å². The number of hydrogen-bond acceptors (Lipinski definition) is 8.